The Bertz CT molecular complexity index is 4760. The first kappa shape index (κ1) is 58.3. The molecule has 0 aliphatic rings. The van der Waals surface area contributed by atoms with Crippen molar-refractivity contribution in [2.75, 3.05) is 0 Å². The first-order valence-corrected chi connectivity index (χ1v) is 30.8. The number of hydrogen-bond acceptors (Lipinski definition) is 4. The molecule has 438 valence electrons. The summed E-state index contributed by atoms with van der Waals surface area (Å²) in [6.45, 7) is 43.1. The Balaban J connectivity index is 1.15. The van der Waals surface area contributed by atoms with Crippen molar-refractivity contribution in [1.29, 1.82) is 5.26 Å². The Kier molecular flexibility index (Phi) is 14.2. The van der Waals surface area contributed by atoms with Crippen molar-refractivity contribution in [2.24, 2.45) is 0 Å². The van der Waals surface area contributed by atoms with Crippen molar-refractivity contribution >= 4 is 55.0 Å². The van der Waals surface area contributed by atoms with E-state index in [0.29, 0.717) is 34.4 Å². The van der Waals surface area contributed by atoms with E-state index in [9.17, 15) is 5.26 Å². The lowest BCUT2D eigenvalue weighted by Gasteiger charge is -2.20. The molecule has 0 radical (unpaired) electrons. The molecule has 0 saturated heterocycles. The molecule has 0 unspecified atom stereocenters. The van der Waals surface area contributed by atoms with E-state index in [-0.39, 0.29) is 21.7 Å². The van der Waals surface area contributed by atoms with Crippen LogP contribution in [0.4, 0.5) is 11.4 Å². The summed E-state index contributed by atoms with van der Waals surface area (Å²) in [5.41, 5.74) is 20.0. The molecule has 3 heterocycles. The second-order valence-corrected chi connectivity index (χ2v) is 27.9. The summed E-state index contributed by atoms with van der Waals surface area (Å²) < 4.78 is 4.76. The van der Waals surface area contributed by atoms with Crippen LogP contribution in [0.1, 0.15) is 111 Å². The lowest BCUT2D eigenvalue weighted by atomic mass is 9.85. The van der Waals surface area contributed by atoms with Gasteiger partial charge >= 0.3 is 0 Å². The predicted molar refractivity (Wildman–Crippen MR) is 373 cm³/mol. The fourth-order valence-electron chi connectivity index (χ4n) is 12.5. The van der Waals surface area contributed by atoms with E-state index in [1.54, 1.807) is 0 Å². The Morgan fingerprint density at radius 2 is 0.733 bits per heavy atom. The van der Waals surface area contributed by atoms with Crippen LogP contribution >= 0.6 is 0 Å². The molecule has 0 bridgehead atoms. The number of aromatic nitrogens is 5. The molecule has 0 fully saturated rings. The fraction of sp³-hybridized carbons (Fsp3) is 0.195. The monoisotopic (exact) mass is 1170 g/mol. The van der Waals surface area contributed by atoms with Crippen LogP contribution in [0.25, 0.3) is 132 Å². The molecular weight excluding hydrogens is 1100 g/mol. The average Bonchev–Trinajstić information content (AvgIpc) is 1.56. The summed E-state index contributed by atoms with van der Waals surface area (Å²) in [6, 6.07) is 74.4. The van der Waals surface area contributed by atoms with Gasteiger partial charge in [-0.15, -0.1) is 0 Å². The lowest BCUT2D eigenvalue weighted by Crippen LogP contribution is -2.10. The second kappa shape index (κ2) is 21.8. The molecule has 8 heteroatoms. The van der Waals surface area contributed by atoms with Crippen LogP contribution in [0.3, 0.4) is 0 Å². The maximum Gasteiger partial charge on any atom is 0.194 e. The molecule has 90 heavy (non-hydrogen) atoms. The van der Waals surface area contributed by atoms with Gasteiger partial charge in [-0.1, -0.05) is 198 Å². The fourth-order valence-corrected chi connectivity index (χ4v) is 12.5. The Labute approximate surface area is 528 Å². The highest BCUT2D eigenvalue weighted by atomic mass is 15.1. The number of nitriles is 1. The minimum absolute atomic E-state index is 0.108. The van der Waals surface area contributed by atoms with E-state index in [2.05, 4.69) is 223 Å². The zero-order valence-corrected chi connectivity index (χ0v) is 53.2. The molecule has 0 N–H and O–H groups in total. The third-order valence-corrected chi connectivity index (χ3v) is 17.7. The highest BCUT2D eigenvalue weighted by Crippen LogP contribution is 2.45. The third-order valence-electron chi connectivity index (χ3n) is 17.7. The SMILES string of the molecule is [C-]#[N+]c1ccc(-c2ccc(-c3nc(-c4cccc(-c5ccccc5[N+]#[C-])c4)nc(-c4ccc(-c5ccc(C#N)cc5)cc4-n4c5ccc(C(C)(C)C)cc5c5cc(C(C)(C)C)ccc54)n3)c(-n3c4ccc(C(C)(C)C)cc4c4cc(C(C)(C)C)ccc43)c2)cc1. The van der Waals surface area contributed by atoms with Gasteiger partial charge in [0, 0.05) is 38.2 Å². The smallest absolute Gasteiger partial charge is 0.194 e. The molecular formula is C82H70N8. The van der Waals surface area contributed by atoms with Crippen molar-refractivity contribution in [3.8, 4) is 85.0 Å². The number of rotatable bonds is 8. The standard InChI is InChI=1S/C82H70N8/c1-79(2,3)57-30-38-70-65(45-57)66-46-58(80(4,5)6)31-39-71(66)89(70)74-43-53(51-24-22-50(49-83)23-25-51)28-36-63(74)77-86-76(56-19-17-18-55(42-56)62-20-15-16-21-69(62)85-14)87-78(88-77)64-37-29-54(52-26-34-61(84-13)35-27-52)44-75(64)90-72-40-32-59(81(7,8)9)47-67(72)68-48-60(82(10,11)12)33-41-73(68)90/h15-48H,1-12H3. The molecule has 10 aromatic carbocycles. The Hall–Kier alpha value is -10.7. The van der Waals surface area contributed by atoms with E-state index in [4.69, 9.17) is 28.1 Å². The van der Waals surface area contributed by atoms with E-state index in [1.807, 2.05) is 91.0 Å². The Morgan fingerprint density at radius 3 is 1.13 bits per heavy atom. The summed E-state index contributed by atoms with van der Waals surface area (Å²) in [6.07, 6.45) is 0. The van der Waals surface area contributed by atoms with Crippen LogP contribution in [0.15, 0.2) is 206 Å². The minimum atomic E-state index is -0.109. The molecule has 13 rings (SSSR count). The molecule has 13 aromatic rings. The first-order valence-electron chi connectivity index (χ1n) is 30.8. The average molecular weight is 1170 g/mol. The maximum atomic E-state index is 9.90. The quantitative estimate of drug-likeness (QED) is 0.142. The zero-order valence-electron chi connectivity index (χ0n) is 53.2. The minimum Gasteiger partial charge on any atom is -0.308 e. The second-order valence-electron chi connectivity index (χ2n) is 27.9. The van der Waals surface area contributed by atoms with Gasteiger partial charge in [0.25, 0.3) is 0 Å². The van der Waals surface area contributed by atoms with Gasteiger partial charge in [0.1, 0.15) is 0 Å². The van der Waals surface area contributed by atoms with E-state index < -0.39 is 0 Å². The number of hydrogen-bond donors (Lipinski definition) is 0. The first-order chi connectivity index (χ1) is 43.0. The van der Waals surface area contributed by atoms with Gasteiger partial charge in [-0.2, -0.15) is 5.26 Å². The topological polar surface area (TPSA) is 81.0 Å². The van der Waals surface area contributed by atoms with Crippen molar-refractivity contribution < 1.29 is 0 Å². The Morgan fingerprint density at radius 1 is 0.344 bits per heavy atom. The summed E-state index contributed by atoms with van der Waals surface area (Å²) >= 11 is 0. The summed E-state index contributed by atoms with van der Waals surface area (Å²) in [4.78, 5) is 24.6. The molecule has 0 saturated carbocycles. The third kappa shape index (κ3) is 10.6. The van der Waals surface area contributed by atoms with Gasteiger partial charge in [0.15, 0.2) is 28.8 Å². The van der Waals surface area contributed by atoms with Gasteiger partial charge in [-0.25, -0.2) is 24.6 Å². The molecule has 3 aromatic heterocycles. The summed E-state index contributed by atoms with van der Waals surface area (Å²) in [5.74, 6) is 1.39. The summed E-state index contributed by atoms with van der Waals surface area (Å²) in [5, 5.41) is 14.5. The van der Waals surface area contributed by atoms with Gasteiger partial charge < -0.3 is 9.13 Å². The van der Waals surface area contributed by atoms with E-state index in [0.717, 1.165) is 105 Å². The lowest BCUT2D eigenvalue weighted by molar-refractivity contribution is 0.590. The van der Waals surface area contributed by atoms with Crippen molar-refractivity contribution in [3.63, 3.8) is 0 Å². The largest absolute Gasteiger partial charge is 0.308 e. The molecule has 0 spiro atoms. The van der Waals surface area contributed by atoms with E-state index >= 15 is 0 Å². The van der Waals surface area contributed by atoms with Gasteiger partial charge in [0.2, 0.25) is 0 Å². The van der Waals surface area contributed by atoms with Crippen LogP contribution in [-0.2, 0) is 21.7 Å². The van der Waals surface area contributed by atoms with Crippen LogP contribution in [0.5, 0.6) is 0 Å². The van der Waals surface area contributed by atoms with Gasteiger partial charge in [-0.3, -0.25) is 0 Å². The van der Waals surface area contributed by atoms with Gasteiger partial charge in [-0.05, 0) is 168 Å². The zero-order chi connectivity index (χ0) is 63.2. The molecule has 0 aliphatic carbocycles. The number of fused-ring (bicyclic) bond motifs is 6. The molecule has 8 nitrogen and oxygen atoms in total. The van der Waals surface area contributed by atoms with Gasteiger partial charge in [0.05, 0.1) is 58.2 Å². The molecule has 0 aliphatic heterocycles. The van der Waals surface area contributed by atoms with Crippen molar-refractivity contribution in [1.82, 2.24) is 24.1 Å². The van der Waals surface area contributed by atoms with Crippen molar-refractivity contribution in [3.05, 3.63) is 257 Å². The van der Waals surface area contributed by atoms with Crippen LogP contribution in [0, 0.1) is 24.5 Å². The van der Waals surface area contributed by atoms with Crippen molar-refractivity contribution in [2.45, 2.75) is 105 Å². The maximum absolute atomic E-state index is 9.90. The number of benzene rings is 10. The predicted octanol–water partition coefficient (Wildman–Crippen LogP) is 22.2. The van der Waals surface area contributed by atoms with E-state index in [1.165, 1.54) is 22.3 Å². The number of para-hydroxylation sites is 1. The highest BCUT2D eigenvalue weighted by molar-refractivity contribution is 6.12. The number of nitrogens with zero attached hydrogens (tertiary/aromatic N) is 8. The summed E-state index contributed by atoms with van der Waals surface area (Å²) in [7, 11) is 0. The van der Waals surface area contributed by atoms with Crippen LogP contribution in [0.2, 0.25) is 0 Å². The normalized spacial score (nSPS) is 12.2. The highest BCUT2D eigenvalue weighted by Gasteiger charge is 2.28. The molecule has 0 amide bonds. The van der Waals surface area contributed by atoms with Crippen LogP contribution in [-0.4, -0.2) is 24.1 Å². The molecule has 0 atom stereocenters. The van der Waals surface area contributed by atoms with Crippen LogP contribution < -0.4 is 0 Å².